The van der Waals surface area contributed by atoms with E-state index in [2.05, 4.69) is 15.3 Å². The number of halogens is 1. The van der Waals surface area contributed by atoms with Gasteiger partial charge in [-0.3, -0.25) is 4.98 Å². The number of anilines is 1. The number of ether oxygens (including phenoxy) is 2. The molecule has 0 spiro atoms. The summed E-state index contributed by atoms with van der Waals surface area (Å²) in [5.41, 5.74) is 1.89. The minimum absolute atomic E-state index is 0.562. The molecule has 4 aromatic rings. The molecule has 0 saturated carbocycles. The largest absolute Gasteiger partial charge is 0.493 e. The predicted molar refractivity (Wildman–Crippen MR) is 113 cm³/mol. The molecule has 3 heterocycles. The Morgan fingerprint density at radius 2 is 1.93 bits per heavy atom. The number of aromatic nitrogens is 3. The summed E-state index contributed by atoms with van der Waals surface area (Å²) in [6.07, 6.45) is 3.47. The zero-order valence-corrected chi connectivity index (χ0v) is 16.8. The van der Waals surface area contributed by atoms with Crippen LogP contribution in [0.3, 0.4) is 0 Å². The minimum Gasteiger partial charge on any atom is -0.493 e. The summed E-state index contributed by atoms with van der Waals surface area (Å²) >= 11 is 7.65. The lowest BCUT2D eigenvalue weighted by atomic mass is 10.2. The fourth-order valence-electron chi connectivity index (χ4n) is 2.83. The number of benzene rings is 1. The van der Waals surface area contributed by atoms with E-state index in [1.165, 1.54) is 11.3 Å². The molecule has 0 unspecified atom stereocenters. The van der Waals surface area contributed by atoms with Crippen LogP contribution in [0, 0.1) is 0 Å². The van der Waals surface area contributed by atoms with Crippen LogP contribution in [-0.2, 0) is 6.54 Å². The van der Waals surface area contributed by atoms with Crippen LogP contribution in [0.25, 0.3) is 21.6 Å². The number of fused-ring (bicyclic) bond motifs is 1. The van der Waals surface area contributed by atoms with Crippen LogP contribution in [0.15, 0.2) is 48.8 Å². The molecule has 0 radical (unpaired) electrons. The van der Waals surface area contributed by atoms with E-state index in [1.807, 2.05) is 36.4 Å². The van der Waals surface area contributed by atoms with Crippen molar-refractivity contribution in [3.8, 4) is 22.9 Å². The van der Waals surface area contributed by atoms with E-state index >= 15 is 0 Å². The third-order valence-electron chi connectivity index (χ3n) is 4.19. The first kappa shape index (κ1) is 18.5. The number of pyridine rings is 1. The molecule has 3 aromatic heterocycles. The summed E-state index contributed by atoms with van der Waals surface area (Å²) in [5.74, 6) is 2.71. The van der Waals surface area contributed by atoms with Gasteiger partial charge in [0.15, 0.2) is 17.3 Å². The molecule has 0 amide bonds. The second-order valence-corrected chi connectivity index (χ2v) is 7.61. The van der Waals surface area contributed by atoms with Crippen molar-refractivity contribution in [3.05, 3.63) is 58.7 Å². The van der Waals surface area contributed by atoms with Crippen molar-refractivity contribution in [2.24, 2.45) is 0 Å². The van der Waals surface area contributed by atoms with Gasteiger partial charge in [0.1, 0.15) is 10.6 Å². The van der Waals surface area contributed by atoms with Crippen molar-refractivity contribution < 1.29 is 9.47 Å². The average molecular weight is 413 g/mol. The van der Waals surface area contributed by atoms with Crippen LogP contribution in [0.5, 0.6) is 11.5 Å². The lowest BCUT2D eigenvalue weighted by Gasteiger charge is -2.12. The highest BCUT2D eigenvalue weighted by Crippen LogP contribution is 2.34. The summed E-state index contributed by atoms with van der Waals surface area (Å²) in [6.45, 7) is 0.562. The molecule has 28 heavy (non-hydrogen) atoms. The molecule has 8 heteroatoms. The van der Waals surface area contributed by atoms with Gasteiger partial charge < -0.3 is 14.8 Å². The Morgan fingerprint density at radius 1 is 1.07 bits per heavy atom. The normalized spacial score (nSPS) is 10.8. The van der Waals surface area contributed by atoms with Gasteiger partial charge in [0.05, 0.1) is 23.9 Å². The highest BCUT2D eigenvalue weighted by atomic mass is 35.5. The maximum absolute atomic E-state index is 6.22. The van der Waals surface area contributed by atoms with E-state index in [0.717, 1.165) is 27.2 Å². The van der Waals surface area contributed by atoms with Crippen LogP contribution < -0.4 is 14.8 Å². The SMILES string of the molecule is COc1ccc(CNc2nc(-c3cccnc3)nc3sc(Cl)cc23)cc1OC. The first-order valence-corrected chi connectivity index (χ1v) is 9.69. The van der Waals surface area contributed by atoms with Crippen molar-refractivity contribution in [2.75, 3.05) is 19.5 Å². The standard InChI is InChI=1S/C20H17ClN4O2S/c1-26-15-6-5-12(8-16(15)27-2)10-23-19-14-9-17(21)28-20(14)25-18(24-19)13-4-3-7-22-11-13/h3-9,11H,10H2,1-2H3,(H,23,24,25). The number of nitrogens with one attached hydrogen (secondary N) is 1. The molecule has 0 bridgehead atoms. The number of hydrogen-bond acceptors (Lipinski definition) is 7. The third kappa shape index (κ3) is 3.72. The van der Waals surface area contributed by atoms with Crippen LogP contribution in [-0.4, -0.2) is 29.2 Å². The van der Waals surface area contributed by atoms with E-state index in [0.29, 0.717) is 28.2 Å². The topological polar surface area (TPSA) is 69.2 Å². The van der Waals surface area contributed by atoms with E-state index in [1.54, 1.807) is 26.6 Å². The summed E-state index contributed by atoms with van der Waals surface area (Å²) < 4.78 is 11.3. The maximum atomic E-state index is 6.22. The predicted octanol–water partition coefficient (Wildman–Crippen LogP) is 5.04. The second-order valence-electron chi connectivity index (χ2n) is 5.95. The molecule has 0 atom stereocenters. The minimum atomic E-state index is 0.562. The number of nitrogens with zero attached hydrogens (tertiary/aromatic N) is 3. The molecule has 0 aliphatic carbocycles. The smallest absolute Gasteiger partial charge is 0.164 e. The van der Waals surface area contributed by atoms with Crippen LogP contribution in [0.2, 0.25) is 4.34 Å². The molecule has 1 N–H and O–H groups in total. The molecule has 0 aliphatic heterocycles. The van der Waals surface area contributed by atoms with Crippen molar-refractivity contribution in [1.29, 1.82) is 0 Å². The highest BCUT2D eigenvalue weighted by Gasteiger charge is 2.13. The van der Waals surface area contributed by atoms with E-state index in [-0.39, 0.29) is 0 Å². The zero-order valence-electron chi connectivity index (χ0n) is 15.3. The van der Waals surface area contributed by atoms with Gasteiger partial charge in [0, 0.05) is 24.5 Å². The first-order chi connectivity index (χ1) is 13.7. The van der Waals surface area contributed by atoms with Gasteiger partial charge in [-0.1, -0.05) is 17.7 Å². The molecular formula is C20H17ClN4O2S. The Morgan fingerprint density at radius 3 is 2.68 bits per heavy atom. The third-order valence-corrected chi connectivity index (χ3v) is 5.35. The fourth-order valence-corrected chi connectivity index (χ4v) is 3.91. The molecule has 1 aromatic carbocycles. The Hall–Kier alpha value is -2.90. The van der Waals surface area contributed by atoms with Crippen LogP contribution >= 0.6 is 22.9 Å². The number of thiophene rings is 1. The number of methoxy groups -OCH3 is 2. The average Bonchev–Trinajstić information content (AvgIpc) is 3.12. The summed E-state index contributed by atoms with van der Waals surface area (Å²) in [6, 6.07) is 11.5. The van der Waals surface area contributed by atoms with Gasteiger partial charge in [0.2, 0.25) is 0 Å². The van der Waals surface area contributed by atoms with E-state index in [4.69, 9.17) is 26.1 Å². The molecule has 0 saturated heterocycles. The fraction of sp³-hybridized carbons (Fsp3) is 0.150. The van der Waals surface area contributed by atoms with Gasteiger partial charge in [-0.25, -0.2) is 9.97 Å². The summed E-state index contributed by atoms with van der Waals surface area (Å²) in [4.78, 5) is 14.3. The second kappa shape index (κ2) is 8.00. The van der Waals surface area contributed by atoms with Gasteiger partial charge in [0.25, 0.3) is 0 Å². The molecule has 6 nitrogen and oxygen atoms in total. The monoisotopic (exact) mass is 412 g/mol. The van der Waals surface area contributed by atoms with E-state index in [9.17, 15) is 0 Å². The van der Waals surface area contributed by atoms with Crippen molar-refractivity contribution in [3.63, 3.8) is 0 Å². The van der Waals surface area contributed by atoms with Gasteiger partial charge >= 0.3 is 0 Å². The van der Waals surface area contributed by atoms with Gasteiger partial charge in [-0.15, -0.1) is 11.3 Å². The van der Waals surface area contributed by atoms with Crippen molar-refractivity contribution in [2.45, 2.75) is 6.54 Å². The van der Waals surface area contributed by atoms with Gasteiger partial charge in [-0.05, 0) is 35.9 Å². The Balaban J connectivity index is 1.68. The first-order valence-electron chi connectivity index (χ1n) is 8.50. The van der Waals surface area contributed by atoms with Crippen molar-refractivity contribution >= 4 is 39.0 Å². The molecular weight excluding hydrogens is 396 g/mol. The molecule has 142 valence electrons. The lowest BCUT2D eigenvalue weighted by Crippen LogP contribution is -2.04. The summed E-state index contributed by atoms with van der Waals surface area (Å²) in [7, 11) is 3.24. The Labute approximate surface area is 171 Å². The van der Waals surface area contributed by atoms with Crippen molar-refractivity contribution in [1.82, 2.24) is 15.0 Å². The van der Waals surface area contributed by atoms with Crippen LogP contribution in [0.4, 0.5) is 5.82 Å². The lowest BCUT2D eigenvalue weighted by molar-refractivity contribution is 0.354. The summed E-state index contributed by atoms with van der Waals surface area (Å²) in [5, 5.41) is 4.29. The highest BCUT2D eigenvalue weighted by molar-refractivity contribution is 7.22. The van der Waals surface area contributed by atoms with Gasteiger partial charge in [-0.2, -0.15) is 0 Å². The quantitative estimate of drug-likeness (QED) is 0.478. The Bertz CT molecular complexity index is 1120. The number of hydrogen-bond donors (Lipinski definition) is 1. The zero-order chi connectivity index (χ0) is 19.5. The maximum Gasteiger partial charge on any atom is 0.164 e. The molecule has 0 fully saturated rings. The van der Waals surface area contributed by atoms with E-state index < -0.39 is 0 Å². The molecule has 4 rings (SSSR count). The number of rotatable bonds is 6. The Kier molecular flexibility index (Phi) is 5.27. The molecule has 0 aliphatic rings. The van der Waals surface area contributed by atoms with Crippen LogP contribution in [0.1, 0.15) is 5.56 Å².